The molecule has 2 saturated heterocycles. The van der Waals surface area contributed by atoms with Gasteiger partial charge in [0, 0.05) is 32.7 Å². The van der Waals surface area contributed by atoms with E-state index in [0.29, 0.717) is 11.5 Å². The summed E-state index contributed by atoms with van der Waals surface area (Å²) in [6, 6.07) is 2.33. The molecule has 3 rings (SSSR count). The lowest BCUT2D eigenvalue weighted by atomic mass is 9.96. The average molecular weight is 315 g/mol. The molecule has 2 aliphatic rings. The quantitative estimate of drug-likeness (QED) is 0.842. The van der Waals surface area contributed by atoms with E-state index in [1.807, 2.05) is 13.8 Å². The summed E-state index contributed by atoms with van der Waals surface area (Å²) in [5, 5.41) is 18.1. The zero-order valence-corrected chi connectivity index (χ0v) is 14.1. The van der Waals surface area contributed by atoms with E-state index < -0.39 is 0 Å². The SMILES string of the molecule is Cc1nnc(N2CCCC(CN3CCOCC3)C2)c(C#N)c1C. The van der Waals surface area contributed by atoms with Crippen molar-refractivity contribution < 1.29 is 4.74 Å². The van der Waals surface area contributed by atoms with Crippen molar-refractivity contribution in [2.24, 2.45) is 5.92 Å². The Morgan fingerprint density at radius 1 is 1.22 bits per heavy atom. The summed E-state index contributed by atoms with van der Waals surface area (Å²) >= 11 is 0. The minimum Gasteiger partial charge on any atom is -0.379 e. The normalized spacial score (nSPS) is 22.8. The third kappa shape index (κ3) is 3.62. The largest absolute Gasteiger partial charge is 0.379 e. The Balaban J connectivity index is 1.71. The standard InChI is InChI=1S/C17H25N5O/c1-13-14(2)19-20-17(16(13)10-18)22-5-3-4-15(12-22)11-21-6-8-23-9-7-21/h15H,3-9,11-12H2,1-2H3. The number of hydrogen-bond donors (Lipinski definition) is 0. The molecule has 1 unspecified atom stereocenters. The van der Waals surface area contributed by atoms with Crippen molar-refractivity contribution >= 4 is 5.82 Å². The van der Waals surface area contributed by atoms with Crippen molar-refractivity contribution in [1.29, 1.82) is 5.26 Å². The molecule has 0 bridgehead atoms. The summed E-state index contributed by atoms with van der Waals surface area (Å²) in [6.07, 6.45) is 2.39. The van der Waals surface area contributed by atoms with Gasteiger partial charge in [0.2, 0.25) is 0 Å². The van der Waals surface area contributed by atoms with Crippen LogP contribution in [0.25, 0.3) is 0 Å². The number of nitriles is 1. The fourth-order valence-corrected chi connectivity index (χ4v) is 3.51. The molecule has 6 nitrogen and oxygen atoms in total. The van der Waals surface area contributed by atoms with E-state index in [0.717, 1.165) is 69.4 Å². The minimum atomic E-state index is 0.622. The molecule has 3 heterocycles. The Morgan fingerprint density at radius 3 is 2.74 bits per heavy atom. The second-order valence-corrected chi connectivity index (χ2v) is 6.59. The molecule has 6 heteroatoms. The molecular formula is C17H25N5O. The number of rotatable bonds is 3. The minimum absolute atomic E-state index is 0.622. The summed E-state index contributed by atoms with van der Waals surface area (Å²) in [6.45, 7) is 10.7. The van der Waals surface area contributed by atoms with Gasteiger partial charge < -0.3 is 9.64 Å². The molecular weight excluding hydrogens is 290 g/mol. The maximum atomic E-state index is 9.51. The van der Waals surface area contributed by atoms with Crippen molar-refractivity contribution in [3.63, 3.8) is 0 Å². The van der Waals surface area contributed by atoms with Crippen molar-refractivity contribution in [2.75, 3.05) is 50.8 Å². The van der Waals surface area contributed by atoms with Crippen LogP contribution >= 0.6 is 0 Å². The van der Waals surface area contributed by atoms with Crippen molar-refractivity contribution in [3.8, 4) is 6.07 Å². The lowest BCUT2D eigenvalue weighted by molar-refractivity contribution is 0.0296. The number of piperidine rings is 1. The predicted molar refractivity (Wildman–Crippen MR) is 88.4 cm³/mol. The highest BCUT2D eigenvalue weighted by Crippen LogP contribution is 2.26. The molecule has 1 aromatic rings. The van der Waals surface area contributed by atoms with Crippen LogP contribution < -0.4 is 4.90 Å². The first kappa shape index (κ1) is 16.2. The zero-order valence-electron chi connectivity index (χ0n) is 14.1. The zero-order chi connectivity index (χ0) is 16.2. The van der Waals surface area contributed by atoms with Gasteiger partial charge in [0.15, 0.2) is 5.82 Å². The Kier molecular flexibility index (Phi) is 5.09. The van der Waals surface area contributed by atoms with Crippen LogP contribution in [0.1, 0.15) is 29.7 Å². The number of ether oxygens (including phenoxy) is 1. The van der Waals surface area contributed by atoms with E-state index in [1.165, 1.54) is 6.42 Å². The first-order chi connectivity index (χ1) is 11.2. The summed E-state index contributed by atoms with van der Waals surface area (Å²) in [5.41, 5.74) is 2.48. The highest BCUT2D eigenvalue weighted by Gasteiger charge is 2.26. The number of aryl methyl sites for hydroxylation is 1. The fourth-order valence-electron chi connectivity index (χ4n) is 3.51. The van der Waals surface area contributed by atoms with Gasteiger partial charge >= 0.3 is 0 Å². The Morgan fingerprint density at radius 2 is 2.00 bits per heavy atom. The summed E-state index contributed by atoms with van der Waals surface area (Å²) in [7, 11) is 0. The molecule has 23 heavy (non-hydrogen) atoms. The number of aromatic nitrogens is 2. The van der Waals surface area contributed by atoms with Crippen LogP contribution in [0.3, 0.4) is 0 Å². The van der Waals surface area contributed by atoms with Gasteiger partial charge in [-0.3, -0.25) is 4.90 Å². The molecule has 1 atom stereocenters. The molecule has 2 aliphatic heterocycles. The van der Waals surface area contributed by atoms with E-state index in [4.69, 9.17) is 4.74 Å². The predicted octanol–water partition coefficient (Wildman–Crippen LogP) is 1.51. The Bertz CT molecular complexity index is 591. The van der Waals surface area contributed by atoms with Crippen LogP contribution in [0.5, 0.6) is 0 Å². The van der Waals surface area contributed by atoms with Crippen LogP contribution in [0.15, 0.2) is 0 Å². The number of nitrogens with zero attached hydrogens (tertiary/aromatic N) is 5. The third-order valence-electron chi connectivity index (χ3n) is 4.99. The molecule has 2 fully saturated rings. The molecule has 0 aliphatic carbocycles. The second-order valence-electron chi connectivity index (χ2n) is 6.59. The van der Waals surface area contributed by atoms with Crippen LogP contribution in [0.4, 0.5) is 5.82 Å². The van der Waals surface area contributed by atoms with Crippen molar-refractivity contribution in [1.82, 2.24) is 15.1 Å². The molecule has 124 valence electrons. The van der Waals surface area contributed by atoms with Gasteiger partial charge in [-0.2, -0.15) is 10.4 Å². The molecule has 0 N–H and O–H groups in total. The molecule has 0 saturated carbocycles. The Labute approximate surface area is 138 Å². The summed E-state index contributed by atoms with van der Waals surface area (Å²) in [4.78, 5) is 4.75. The van der Waals surface area contributed by atoms with E-state index in [2.05, 4.69) is 26.1 Å². The van der Waals surface area contributed by atoms with Crippen LogP contribution in [-0.4, -0.2) is 61.0 Å². The van der Waals surface area contributed by atoms with Crippen LogP contribution in [0.2, 0.25) is 0 Å². The van der Waals surface area contributed by atoms with E-state index in [1.54, 1.807) is 0 Å². The van der Waals surface area contributed by atoms with Gasteiger partial charge in [0.1, 0.15) is 11.6 Å². The molecule has 0 spiro atoms. The molecule has 1 aromatic heterocycles. The average Bonchev–Trinajstić information content (AvgIpc) is 2.58. The van der Waals surface area contributed by atoms with Gasteiger partial charge in [-0.05, 0) is 38.2 Å². The molecule has 0 amide bonds. The second kappa shape index (κ2) is 7.24. The fraction of sp³-hybridized carbons (Fsp3) is 0.706. The van der Waals surface area contributed by atoms with E-state index in [9.17, 15) is 5.26 Å². The van der Waals surface area contributed by atoms with Gasteiger partial charge in [-0.25, -0.2) is 0 Å². The first-order valence-electron chi connectivity index (χ1n) is 8.48. The maximum Gasteiger partial charge on any atom is 0.169 e. The van der Waals surface area contributed by atoms with E-state index >= 15 is 0 Å². The number of hydrogen-bond acceptors (Lipinski definition) is 6. The van der Waals surface area contributed by atoms with Gasteiger partial charge in [-0.15, -0.1) is 5.10 Å². The third-order valence-corrected chi connectivity index (χ3v) is 4.99. The van der Waals surface area contributed by atoms with Crippen LogP contribution in [0, 0.1) is 31.1 Å². The van der Waals surface area contributed by atoms with Crippen LogP contribution in [-0.2, 0) is 4.74 Å². The number of anilines is 1. The number of morpholine rings is 1. The van der Waals surface area contributed by atoms with Crippen molar-refractivity contribution in [3.05, 3.63) is 16.8 Å². The smallest absolute Gasteiger partial charge is 0.169 e. The lowest BCUT2D eigenvalue weighted by Crippen LogP contribution is -2.45. The molecule has 0 radical (unpaired) electrons. The van der Waals surface area contributed by atoms with Gasteiger partial charge in [0.05, 0.1) is 18.9 Å². The van der Waals surface area contributed by atoms with Gasteiger partial charge in [0.25, 0.3) is 0 Å². The Hall–Kier alpha value is -1.71. The highest BCUT2D eigenvalue weighted by molar-refractivity contribution is 5.57. The van der Waals surface area contributed by atoms with Gasteiger partial charge in [-0.1, -0.05) is 0 Å². The van der Waals surface area contributed by atoms with E-state index in [-0.39, 0.29) is 0 Å². The van der Waals surface area contributed by atoms with Crippen molar-refractivity contribution in [2.45, 2.75) is 26.7 Å². The monoisotopic (exact) mass is 315 g/mol. The summed E-state index contributed by atoms with van der Waals surface area (Å²) in [5.74, 6) is 1.39. The maximum absolute atomic E-state index is 9.51. The lowest BCUT2D eigenvalue weighted by Gasteiger charge is -2.37. The summed E-state index contributed by atoms with van der Waals surface area (Å²) < 4.78 is 5.43. The highest BCUT2D eigenvalue weighted by atomic mass is 16.5. The topological polar surface area (TPSA) is 65.3 Å². The molecule has 0 aromatic carbocycles. The first-order valence-corrected chi connectivity index (χ1v) is 8.48.